The molecular formula is C23H22FO. The molecule has 0 saturated heterocycles. The minimum absolute atomic E-state index is 0.212. The second kappa shape index (κ2) is 7.52. The highest BCUT2D eigenvalue weighted by atomic mass is 19.1. The van der Waals surface area contributed by atoms with E-state index in [4.69, 9.17) is 4.74 Å². The van der Waals surface area contributed by atoms with Gasteiger partial charge in [-0.2, -0.15) is 0 Å². The zero-order valence-electron chi connectivity index (χ0n) is 14.9. The first-order valence-corrected chi connectivity index (χ1v) is 8.43. The molecule has 1 radical (unpaired) electrons. The van der Waals surface area contributed by atoms with Crippen LogP contribution in [0.1, 0.15) is 33.4 Å². The largest absolute Gasteiger partial charge is 0.496 e. The Morgan fingerprint density at radius 3 is 2.16 bits per heavy atom. The summed E-state index contributed by atoms with van der Waals surface area (Å²) in [5.41, 5.74) is 7.29. The van der Waals surface area contributed by atoms with Gasteiger partial charge in [-0.05, 0) is 77.9 Å². The summed E-state index contributed by atoms with van der Waals surface area (Å²) in [5.74, 6) is 0.652. The van der Waals surface area contributed by atoms with Crippen LogP contribution >= 0.6 is 0 Å². The van der Waals surface area contributed by atoms with Crippen molar-refractivity contribution in [3.8, 4) is 5.75 Å². The van der Waals surface area contributed by atoms with Gasteiger partial charge in [0.2, 0.25) is 0 Å². The van der Waals surface area contributed by atoms with Crippen LogP contribution in [0, 0.1) is 25.7 Å². The van der Waals surface area contributed by atoms with Crippen LogP contribution in [0.4, 0.5) is 4.39 Å². The predicted molar refractivity (Wildman–Crippen MR) is 99.8 cm³/mol. The lowest BCUT2D eigenvalue weighted by Gasteiger charge is -2.13. The van der Waals surface area contributed by atoms with Gasteiger partial charge < -0.3 is 4.74 Å². The first kappa shape index (κ1) is 17.2. The van der Waals surface area contributed by atoms with E-state index >= 15 is 0 Å². The fourth-order valence-corrected chi connectivity index (χ4v) is 3.16. The standard InChI is InChI=1S/C23H22FO/c1-16-5-4-6-17(2)22(16)15-19-9-12-23(25-3)20(14-19)13-18-7-10-21(24)11-8-18/h5-12,14H,13,15H2,1-3H3. The van der Waals surface area contributed by atoms with E-state index in [1.165, 1.54) is 34.4 Å². The monoisotopic (exact) mass is 333 g/mol. The van der Waals surface area contributed by atoms with Gasteiger partial charge in [0, 0.05) is 6.42 Å². The molecule has 1 nitrogen and oxygen atoms in total. The van der Waals surface area contributed by atoms with Gasteiger partial charge >= 0.3 is 0 Å². The van der Waals surface area contributed by atoms with E-state index in [-0.39, 0.29) is 5.82 Å². The van der Waals surface area contributed by atoms with E-state index in [2.05, 4.69) is 32.0 Å². The summed E-state index contributed by atoms with van der Waals surface area (Å²) in [6.45, 7) is 4.25. The number of halogens is 1. The first-order valence-electron chi connectivity index (χ1n) is 8.43. The Morgan fingerprint density at radius 2 is 1.52 bits per heavy atom. The number of benzene rings is 3. The van der Waals surface area contributed by atoms with Crippen LogP contribution in [0.2, 0.25) is 0 Å². The van der Waals surface area contributed by atoms with E-state index in [0.717, 1.165) is 29.7 Å². The third kappa shape index (κ3) is 4.08. The highest BCUT2D eigenvalue weighted by molar-refractivity contribution is 5.44. The Hall–Kier alpha value is -2.61. The third-order valence-electron chi connectivity index (χ3n) is 4.59. The van der Waals surface area contributed by atoms with Gasteiger partial charge in [-0.3, -0.25) is 0 Å². The molecule has 0 aromatic heterocycles. The maximum Gasteiger partial charge on any atom is 0.123 e. The van der Waals surface area contributed by atoms with Gasteiger partial charge in [-0.1, -0.05) is 36.4 Å². The van der Waals surface area contributed by atoms with Crippen molar-refractivity contribution in [1.29, 1.82) is 0 Å². The van der Waals surface area contributed by atoms with E-state index in [1.54, 1.807) is 7.11 Å². The molecule has 127 valence electrons. The van der Waals surface area contributed by atoms with Crippen LogP contribution in [0.3, 0.4) is 0 Å². The molecule has 0 aliphatic heterocycles. The van der Waals surface area contributed by atoms with Crippen LogP contribution < -0.4 is 4.74 Å². The molecule has 0 N–H and O–H groups in total. The average Bonchev–Trinajstić information content (AvgIpc) is 2.60. The highest BCUT2D eigenvalue weighted by Gasteiger charge is 2.09. The Kier molecular flexibility index (Phi) is 5.18. The van der Waals surface area contributed by atoms with Gasteiger partial charge in [0.15, 0.2) is 0 Å². The molecule has 2 heteroatoms. The number of rotatable bonds is 5. The fraction of sp³-hybridized carbons (Fsp3) is 0.217. The molecule has 0 unspecified atom stereocenters. The predicted octanol–water partition coefficient (Wildman–Crippen LogP) is 5.43. The minimum Gasteiger partial charge on any atom is -0.496 e. The van der Waals surface area contributed by atoms with Crippen LogP contribution in [-0.2, 0) is 12.8 Å². The van der Waals surface area contributed by atoms with E-state index in [0.29, 0.717) is 0 Å². The Labute approximate surface area is 149 Å². The van der Waals surface area contributed by atoms with E-state index in [1.807, 2.05) is 30.3 Å². The Morgan fingerprint density at radius 1 is 0.880 bits per heavy atom. The maximum atomic E-state index is 13.1. The second-order valence-corrected chi connectivity index (χ2v) is 6.43. The molecule has 0 atom stereocenters. The minimum atomic E-state index is -0.212. The molecule has 0 aliphatic rings. The van der Waals surface area contributed by atoms with Crippen molar-refractivity contribution in [2.75, 3.05) is 7.11 Å². The SMILES string of the molecule is COc1ccc(Cc2c(C)c[c]cc2C)cc1Cc1ccc(F)cc1. The molecule has 0 heterocycles. The van der Waals surface area contributed by atoms with Gasteiger partial charge in [-0.15, -0.1) is 0 Å². The maximum absolute atomic E-state index is 13.1. The highest BCUT2D eigenvalue weighted by Crippen LogP contribution is 2.26. The quantitative estimate of drug-likeness (QED) is 0.605. The lowest BCUT2D eigenvalue weighted by molar-refractivity contribution is 0.410. The van der Waals surface area contributed by atoms with E-state index < -0.39 is 0 Å². The van der Waals surface area contributed by atoms with Crippen molar-refractivity contribution in [1.82, 2.24) is 0 Å². The first-order chi connectivity index (χ1) is 12.1. The molecule has 0 amide bonds. The van der Waals surface area contributed by atoms with Gasteiger partial charge in [-0.25, -0.2) is 4.39 Å². The summed E-state index contributed by atoms with van der Waals surface area (Å²) in [6.07, 6.45) is 1.60. The topological polar surface area (TPSA) is 9.23 Å². The fourth-order valence-electron chi connectivity index (χ4n) is 3.16. The summed E-state index contributed by atoms with van der Waals surface area (Å²) in [4.78, 5) is 0. The lowest BCUT2D eigenvalue weighted by atomic mass is 9.94. The molecule has 0 saturated carbocycles. The van der Waals surface area contributed by atoms with Crippen molar-refractivity contribution >= 4 is 0 Å². The van der Waals surface area contributed by atoms with Crippen molar-refractivity contribution in [3.05, 3.63) is 99.9 Å². The molecular weight excluding hydrogens is 311 g/mol. The van der Waals surface area contributed by atoms with Gasteiger partial charge in [0.05, 0.1) is 7.11 Å². The van der Waals surface area contributed by atoms with Crippen LogP contribution in [0.25, 0.3) is 0 Å². The smallest absolute Gasteiger partial charge is 0.123 e. The summed E-state index contributed by atoms with van der Waals surface area (Å²) in [7, 11) is 1.69. The van der Waals surface area contributed by atoms with Crippen molar-refractivity contribution < 1.29 is 9.13 Å². The van der Waals surface area contributed by atoms with Crippen molar-refractivity contribution in [2.45, 2.75) is 26.7 Å². The summed E-state index contributed by atoms with van der Waals surface area (Å²) < 4.78 is 18.6. The number of methoxy groups -OCH3 is 1. The second-order valence-electron chi connectivity index (χ2n) is 6.43. The molecule has 0 spiro atoms. The van der Waals surface area contributed by atoms with Gasteiger partial charge in [0.1, 0.15) is 11.6 Å². The summed E-state index contributed by atoms with van der Waals surface area (Å²) in [5, 5.41) is 0. The summed E-state index contributed by atoms with van der Waals surface area (Å²) in [6, 6.07) is 20.2. The lowest BCUT2D eigenvalue weighted by Crippen LogP contribution is -1.99. The molecule has 0 aliphatic carbocycles. The third-order valence-corrected chi connectivity index (χ3v) is 4.59. The molecule has 0 fully saturated rings. The van der Waals surface area contributed by atoms with Crippen molar-refractivity contribution in [2.24, 2.45) is 0 Å². The normalized spacial score (nSPS) is 10.7. The average molecular weight is 333 g/mol. The zero-order valence-corrected chi connectivity index (χ0v) is 14.9. The Balaban J connectivity index is 1.90. The Bertz CT molecular complexity index is 846. The molecule has 3 rings (SSSR count). The van der Waals surface area contributed by atoms with Crippen LogP contribution in [0.15, 0.2) is 54.6 Å². The molecule has 3 aromatic carbocycles. The molecule has 0 bridgehead atoms. The molecule has 25 heavy (non-hydrogen) atoms. The number of aryl methyl sites for hydroxylation is 2. The van der Waals surface area contributed by atoms with E-state index in [9.17, 15) is 4.39 Å². The summed E-state index contributed by atoms with van der Waals surface area (Å²) >= 11 is 0. The van der Waals surface area contributed by atoms with Crippen LogP contribution in [0.5, 0.6) is 5.75 Å². The van der Waals surface area contributed by atoms with Crippen molar-refractivity contribution in [3.63, 3.8) is 0 Å². The zero-order chi connectivity index (χ0) is 17.8. The van der Waals surface area contributed by atoms with Crippen LogP contribution in [-0.4, -0.2) is 7.11 Å². The van der Waals surface area contributed by atoms with Gasteiger partial charge in [0.25, 0.3) is 0 Å². The number of hydrogen-bond donors (Lipinski definition) is 0. The molecule has 3 aromatic rings. The number of ether oxygens (including phenoxy) is 1. The number of hydrogen-bond acceptors (Lipinski definition) is 1.